The lowest BCUT2D eigenvalue weighted by atomic mass is 9.63. The molecule has 0 aromatic rings. The van der Waals surface area contributed by atoms with Crippen molar-refractivity contribution in [2.45, 2.75) is 54.1 Å². The summed E-state index contributed by atoms with van der Waals surface area (Å²) in [5, 5.41) is 7.51. The van der Waals surface area contributed by atoms with Crippen molar-refractivity contribution in [3.8, 4) is 0 Å². The largest absolute Gasteiger partial charge is 0.468 e. The molecule has 0 radical (unpaired) electrons. The average Bonchev–Trinajstić information content (AvgIpc) is 2.83. The predicted molar refractivity (Wildman–Crippen MR) is 135 cm³/mol. The molecule has 2 unspecified atom stereocenters. The maximum absolute atomic E-state index is 13.5. The Hall–Kier alpha value is -4.24. The van der Waals surface area contributed by atoms with Gasteiger partial charge in [-0.1, -0.05) is 0 Å². The first-order chi connectivity index (χ1) is 18.0. The Morgan fingerprint density at radius 2 is 1.15 bits per heavy atom. The van der Waals surface area contributed by atoms with Gasteiger partial charge in [0.2, 0.25) is 5.41 Å². The maximum Gasteiger partial charge on any atom is 0.428 e. The lowest BCUT2D eigenvalue weighted by Gasteiger charge is -2.38. The van der Waals surface area contributed by atoms with Crippen molar-refractivity contribution >= 4 is 47.4 Å². The highest BCUT2D eigenvalue weighted by Gasteiger charge is 2.67. The molecule has 0 spiro atoms. The molecular formula is C23H37N5O11. The van der Waals surface area contributed by atoms with E-state index < -0.39 is 64.6 Å². The Labute approximate surface area is 225 Å². The monoisotopic (exact) mass is 559 g/mol. The maximum atomic E-state index is 13.5. The number of ether oxygens (including phenoxy) is 5. The van der Waals surface area contributed by atoms with Crippen molar-refractivity contribution in [2.24, 2.45) is 33.2 Å². The summed E-state index contributed by atoms with van der Waals surface area (Å²) in [5.41, 5.74) is 4.39. The number of rotatable bonds is 12. The summed E-state index contributed by atoms with van der Waals surface area (Å²) in [6.07, 6.45) is -1.03. The highest BCUT2D eigenvalue weighted by Crippen LogP contribution is 2.43. The Bertz CT molecular complexity index is 985. The number of hydrazone groups is 2. The Balaban J connectivity index is 7.62. The third-order valence-corrected chi connectivity index (χ3v) is 4.90. The summed E-state index contributed by atoms with van der Waals surface area (Å²) < 4.78 is 25.1. The van der Waals surface area contributed by atoms with Gasteiger partial charge in [-0.3, -0.25) is 19.2 Å². The second-order valence-corrected chi connectivity index (χ2v) is 8.82. The van der Waals surface area contributed by atoms with Gasteiger partial charge in [-0.25, -0.2) is 20.4 Å². The third-order valence-electron chi connectivity index (χ3n) is 4.90. The number of nitrogens with two attached hydrogens (primary N) is 1. The van der Waals surface area contributed by atoms with Crippen LogP contribution in [0.4, 0.5) is 9.59 Å². The van der Waals surface area contributed by atoms with E-state index in [9.17, 15) is 28.8 Å². The Kier molecular flexibility index (Phi) is 13.6. The van der Waals surface area contributed by atoms with E-state index in [0.717, 1.165) is 21.1 Å². The Morgan fingerprint density at radius 3 is 1.46 bits per heavy atom. The first-order valence-corrected chi connectivity index (χ1v) is 11.7. The van der Waals surface area contributed by atoms with Gasteiger partial charge in [0.05, 0.1) is 38.9 Å². The minimum atomic E-state index is -2.92. The van der Waals surface area contributed by atoms with E-state index in [0.29, 0.717) is 0 Å². The predicted octanol–water partition coefficient (Wildman–Crippen LogP) is 0.622. The summed E-state index contributed by atoms with van der Waals surface area (Å²) in [6, 6.07) is -1.14. The molecule has 0 fully saturated rings. The van der Waals surface area contributed by atoms with E-state index in [1.807, 2.05) is 5.43 Å². The van der Waals surface area contributed by atoms with Crippen molar-refractivity contribution in [2.75, 3.05) is 27.4 Å². The number of esters is 4. The van der Waals surface area contributed by atoms with E-state index in [-0.39, 0.29) is 18.9 Å². The van der Waals surface area contributed by atoms with Crippen LogP contribution in [-0.2, 0) is 42.9 Å². The van der Waals surface area contributed by atoms with Crippen LogP contribution in [-0.4, -0.2) is 80.5 Å². The number of carbonyl (C=O) groups is 6. The zero-order valence-electron chi connectivity index (χ0n) is 23.5. The Morgan fingerprint density at radius 1 is 0.769 bits per heavy atom. The second-order valence-electron chi connectivity index (χ2n) is 8.82. The molecule has 0 aromatic carbocycles. The topological polar surface area (TPSA) is 223 Å². The van der Waals surface area contributed by atoms with Gasteiger partial charge in [0.1, 0.15) is 17.4 Å². The van der Waals surface area contributed by atoms with Crippen LogP contribution >= 0.6 is 0 Å². The van der Waals surface area contributed by atoms with Crippen LogP contribution in [0, 0.1) is 17.3 Å². The molecule has 4 N–H and O–H groups in total. The first-order valence-electron chi connectivity index (χ1n) is 11.7. The van der Waals surface area contributed by atoms with E-state index in [1.165, 1.54) is 20.8 Å². The van der Waals surface area contributed by atoms with Gasteiger partial charge in [0.25, 0.3) is 0 Å². The molecular weight excluding hydrogens is 522 g/mol. The number of hydrogen-bond donors (Lipinski definition) is 3. The minimum absolute atomic E-state index is 0.221. The molecule has 220 valence electrons. The van der Waals surface area contributed by atoms with Crippen molar-refractivity contribution in [3.63, 3.8) is 0 Å². The molecule has 0 saturated heterocycles. The zero-order chi connectivity index (χ0) is 30.6. The third kappa shape index (κ3) is 9.22. The fourth-order valence-electron chi connectivity index (χ4n) is 3.59. The second kappa shape index (κ2) is 15.2. The van der Waals surface area contributed by atoms with Crippen molar-refractivity contribution in [3.05, 3.63) is 0 Å². The molecule has 39 heavy (non-hydrogen) atoms. The van der Waals surface area contributed by atoms with Gasteiger partial charge in [-0.2, -0.15) is 10.2 Å². The van der Waals surface area contributed by atoms with E-state index in [1.54, 1.807) is 20.8 Å². The van der Waals surface area contributed by atoms with Gasteiger partial charge in [0.15, 0.2) is 0 Å². The zero-order valence-corrected chi connectivity index (χ0v) is 23.5. The summed E-state index contributed by atoms with van der Waals surface area (Å²) in [6.45, 7) is 9.57. The molecule has 0 heterocycles. The summed E-state index contributed by atoms with van der Waals surface area (Å²) in [5.74, 6) is -9.42. The highest BCUT2D eigenvalue weighted by molar-refractivity contribution is 6.20. The van der Waals surface area contributed by atoms with Crippen LogP contribution in [0.1, 0.15) is 48.5 Å². The lowest BCUT2D eigenvalue weighted by molar-refractivity contribution is -0.185. The summed E-state index contributed by atoms with van der Waals surface area (Å²) in [7, 11) is 1.79. The molecule has 16 heteroatoms. The van der Waals surface area contributed by atoms with Gasteiger partial charge in [-0.05, 0) is 48.5 Å². The quantitative estimate of drug-likeness (QED) is 0.0987. The van der Waals surface area contributed by atoms with Crippen LogP contribution in [0.2, 0.25) is 0 Å². The summed E-state index contributed by atoms with van der Waals surface area (Å²) >= 11 is 0. The molecule has 0 aliphatic rings. The minimum Gasteiger partial charge on any atom is -0.468 e. The lowest BCUT2D eigenvalue weighted by Crippen LogP contribution is -2.61. The van der Waals surface area contributed by atoms with Crippen LogP contribution in [0.5, 0.6) is 0 Å². The molecule has 0 aliphatic heterocycles. The highest BCUT2D eigenvalue weighted by atomic mass is 16.6. The average molecular weight is 560 g/mol. The number of hydrogen-bond acceptors (Lipinski definition) is 13. The van der Waals surface area contributed by atoms with Crippen LogP contribution < -0.4 is 16.6 Å². The van der Waals surface area contributed by atoms with E-state index >= 15 is 0 Å². The molecule has 0 rings (SSSR count). The number of nitrogens with zero attached hydrogens (tertiary/aromatic N) is 2. The molecule has 0 bridgehead atoms. The molecule has 0 aliphatic carbocycles. The van der Waals surface area contributed by atoms with E-state index in [4.69, 9.17) is 29.4 Å². The molecule has 0 aromatic heterocycles. The van der Waals surface area contributed by atoms with Crippen LogP contribution in [0.25, 0.3) is 0 Å². The molecule has 16 nitrogen and oxygen atoms in total. The number of primary amides is 1. The molecule has 0 saturated carbocycles. The molecule has 3 amide bonds. The van der Waals surface area contributed by atoms with Crippen molar-refractivity contribution in [1.82, 2.24) is 10.9 Å². The van der Waals surface area contributed by atoms with Gasteiger partial charge in [0, 0.05) is 0 Å². The fraction of sp³-hybridized carbons (Fsp3) is 0.652. The number of amides is 3. The summed E-state index contributed by atoms with van der Waals surface area (Å²) in [4.78, 5) is 77.3. The van der Waals surface area contributed by atoms with Gasteiger partial charge in [-0.15, -0.1) is 0 Å². The SMILES string of the molecule is CCOC(=O)C(/C(C)=N/NC(N)=O)C(C(=O)OC)(C(=O)OC)C(C(=O)OCC)/C(C)=N/NC(=O)OC(C)(C)C. The fourth-order valence-corrected chi connectivity index (χ4v) is 3.59. The molecule has 2 atom stereocenters. The first kappa shape index (κ1) is 34.8. The normalized spacial score (nSPS) is 13.8. The van der Waals surface area contributed by atoms with E-state index in [2.05, 4.69) is 15.6 Å². The van der Waals surface area contributed by atoms with Crippen LogP contribution in [0.15, 0.2) is 10.2 Å². The van der Waals surface area contributed by atoms with Crippen molar-refractivity contribution in [1.29, 1.82) is 0 Å². The number of methoxy groups -OCH3 is 2. The van der Waals surface area contributed by atoms with Gasteiger partial charge >= 0.3 is 36.0 Å². The smallest absolute Gasteiger partial charge is 0.428 e. The number of nitrogens with one attached hydrogen (secondary N) is 2. The van der Waals surface area contributed by atoms with Gasteiger partial charge < -0.3 is 29.4 Å². The standard InChI is InChI=1S/C23H37N5O11/c1-10-37-16(29)14(12(3)25-27-20(24)33)23(18(31)35-8,19(32)36-9)15(17(30)38-11-2)13(4)26-28-21(34)39-22(5,6)7/h14-15H,10-11H2,1-9H3,(H,28,34)(H3,24,27,33)/b25-12+,26-13+. The number of carbonyl (C=O) groups excluding carboxylic acids is 6. The van der Waals surface area contributed by atoms with Crippen LogP contribution in [0.3, 0.4) is 0 Å². The van der Waals surface area contributed by atoms with Crippen molar-refractivity contribution < 1.29 is 52.5 Å². The number of urea groups is 1.